The smallest absolute Gasteiger partial charge is 0.0124 e. The highest BCUT2D eigenvalue weighted by atomic mass is 14.9. The van der Waals surface area contributed by atoms with Crippen molar-refractivity contribution in [1.29, 1.82) is 0 Å². The Morgan fingerprint density at radius 2 is 1.68 bits per heavy atom. The lowest BCUT2D eigenvalue weighted by molar-refractivity contribution is -0.0133. The van der Waals surface area contributed by atoms with Crippen LogP contribution in [-0.4, -0.2) is 12.6 Å². The number of hydrogen-bond donors (Lipinski definition) is 1. The molecule has 0 spiro atoms. The van der Waals surface area contributed by atoms with E-state index in [0.29, 0.717) is 0 Å². The molecule has 4 bridgehead atoms. The topological polar surface area (TPSA) is 12.0 Å². The van der Waals surface area contributed by atoms with E-state index in [0.717, 1.165) is 29.7 Å². The first-order chi connectivity index (χ1) is 9.38. The van der Waals surface area contributed by atoms with E-state index in [9.17, 15) is 0 Å². The van der Waals surface area contributed by atoms with Gasteiger partial charge in [-0.1, -0.05) is 11.6 Å². The Kier molecular flexibility index (Phi) is 3.43. The average molecular weight is 259 g/mol. The maximum Gasteiger partial charge on any atom is 0.0124 e. The van der Waals surface area contributed by atoms with Crippen LogP contribution in [0.15, 0.2) is 11.6 Å². The second-order valence-corrected chi connectivity index (χ2v) is 7.77. The van der Waals surface area contributed by atoms with Gasteiger partial charge in [-0.3, -0.25) is 0 Å². The quantitative estimate of drug-likeness (QED) is 0.743. The van der Waals surface area contributed by atoms with Gasteiger partial charge >= 0.3 is 0 Å². The maximum absolute atomic E-state index is 3.97. The van der Waals surface area contributed by atoms with Crippen LogP contribution in [0.5, 0.6) is 0 Å². The molecule has 0 radical (unpaired) electrons. The number of rotatable bonds is 4. The van der Waals surface area contributed by atoms with Gasteiger partial charge in [-0.25, -0.2) is 0 Å². The lowest BCUT2D eigenvalue weighted by Gasteiger charge is -2.54. The lowest BCUT2D eigenvalue weighted by atomic mass is 9.54. The first-order valence-corrected chi connectivity index (χ1v) is 8.80. The summed E-state index contributed by atoms with van der Waals surface area (Å²) in [4.78, 5) is 0. The first-order valence-electron chi connectivity index (χ1n) is 8.80. The van der Waals surface area contributed by atoms with Gasteiger partial charge in [-0.15, -0.1) is 0 Å². The van der Waals surface area contributed by atoms with E-state index in [-0.39, 0.29) is 0 Å². The third kappa shape index (κ3) is 2.51. The third-order valence-electron chi connectivity index (χ3n) is 6.44. The molecule has 0 atom stereocenters. The average Bonchev–Trinajstić information content (AvgIpc) is 2.42. The number of nitrogens with one attached hydrogen (secondary N) is 1. The van der Waals surface area contributed by atoms with E-state index in [1.54, 1.807) is 37.7 Å². The standard InChI is InChI=1S/C18H29N/c1-2-4-13(5-3-1)6-7-19-18-16-9-14-8-15(11-16)12-17(18)10-14/h4,14-19H,1-3,5-12H2. The summed E-state index contributed by atoms with van der Waals surface area (Å²) in [6.07, 6.45) is 17.2. The van der Waals surface area contributed by atoms with Crippen LogP contribution >= 0.6 is 0 Å². The van der Waals surface area contributed by atoms with E-state index in [2.05, 4.69) is 11.4 Å². The summed E-state index contributed by atoms with van der Waals surface area (Å²) in [5.41, 5.74) is 1.74. The molecule has 5 rings (SSSR count). The molecule has 0 unspecified atom stereocenters. The Balaban J connectivity index is 1.30. The molecule has 1 heteroatoms. The van der Waals surface area contributed by atoms with Gasteiger partial charge in [0.1, 0.15) is 0 Å². The summed E-state index contributed by atoms with van der Waals surface area (Å²) in [7, 11) is 0. The van der Waals surface area contributed by atoms with Gasteiger partial charge in [0.15, 0.2) is 0 Å². The van der Waals surface area contributed by atoms with Crippen LogP contribution in [0.25, 0.3) is 0 Å². The molecule has 0 aromatic heterocycles. The molecule has 4 saturated carbocycles. The molecule has 4 fully saturated rings. The van der Waals surface area contributed by atoms with E-state index in [1.807, 2.05) is 0 Å². The Morgan fingerprint density at radius 1 is 0.947 bits per heavy atom. The summed E-state index contributed by atoms with van der Waals surface area (Å²) >= 11 is 0. The predicted octanol–water partition coefficient (Wildman–Crippen LogP) is 4.29. The van der Waals surface area contributed by atoms with Crippen LogP contribution in [0.4, 0.5) is 0 Å². The molecule has 0 aromatic carbocycles. The first kappa shape index (κ1) is 12.4. The molecule has 0 amide bonds. The zero-order chi connectivity index (χ0) is 12.7. The van der Waals surface area contributed by atoms with Crippen molar-refractivity contribution in [3.8, 4) is 0 Å². The Labute approximate surface area is 118 Å². The van der Waals surface area contributed by atoms with Crippen LogP contribution in [0.2, 0.25) is 0 Å². The Bertz CT molecular complexity index is 329. The molecule has 106 valence electrons. The van der Waals surface area contributed by atoms with Crippen LogP contribution in [0.3, 0.4) is 0 Å². The normalized spacial score (nSPS) is 44.4. The zero-order valence-electron chi connectivity index (χ0n) is 12.2. The summed E-state index contributed by atoms with van der Waals surface area (Å²) in [5.74, 6) is 4.30. The molecular weight excluding hydrogens is 230 g/mol. The fourth-order valence-corrected chi connectivity index (χ4v) is 5.79. The van der Waals surface area contributed by atoms with Crippen molar-refractivity contribution >= 4 is 0 Å². The predicted molar refractivity (Wildman–Crippen MR) is 80.0 cm³/mol. The summed E-state index contributed by atoms with van der Waals surface area (Å²) < 4.78 is 0. The van der Waals surface area contributed by atoms with E-state index in [1.165, 1.54) is 38.6 Å². The van der Waals surface area contributed by atoms with Crippen molar-refractivity contribution in [3.05, 3.63) is 11.6 Å². The second kappa shape index (κ2) is 5.24. The maximum atomic E-state index is 3.97. The van der Waals surface area contributed by atoms with Gasteiger partial charge in [-0.05, 0) is 94.4 Å². The monoisotopic (exact) mass is 259 g/mol. The van der Waals surface area contributed by atoms with Crippen molar-refractivity contribution in [1.82, 2.24) is 5.32 Å². The summed E-state index contributed by atoms with van der Waals surface area (Å²) in [6.45, 7) is 1.25. The van der Waals surface area contributed by atoms with E-state index in [4.69, 9.17) is 0 Å². The highest BCUT2D eigenvalue weighted by Crippen LogP contribution is 2.53. The zero-order valence-corrected chi connectivity index (χ0v) is 12.2. The summed E-state index contributed by atoms with van der Waals surface area (Å²) in [5, 5.41) is 3.97. The fraction of sp³-hybridized carbons (Fsp3) is 0.889. The van der Waals surface area contributed by atoms with Gasteiger partial charge in [0, 0.05) is 6.04 Å². The fourth-order valence-electron chi connectivity index (χ4n) is 5.79. The molecule has 0 saturated heterocycles. The van der Waals surface area contributed by atoms with Crippen molar-refractivity contribution < 1.29 is 0 Å². The third-order valence-corrected chi connectivity index (χ3v) is 6.44. The molecule has 5 aliphatic rings. The molecule has 19 heavy (non-hydrogen) atoms. The molecule has 5 aliphatic carbocycles. The molecular formula is C18H29N. The molecule has 0 aromatic rings. The minimum absolute atomic E-state index is 0.886. The van der Waals surface area contributed by atoms with E-state index >= 15 is 0 Å². The summed E-state index contributed by atoms with van der Waals surface area (Å²) in [6, 6.07) is 0.886. The van der Waals surface area contributed by atoms with Crippen LogP contribution < -0.4 is 5.32 Å². The minimum Gasteiger partial charge on any atom is -0.313 e. The minimum atomic E-state index is 0.886. The highest BCUT2D eigenvalue weighted by molar-refractivity contribution is 5.06. The van der Waals surface area contributed by atoms with Gasteiger partial charge in [-0.2, -0.15) is 0 Å². The van der Waals surface area contributed by atoms with Crippen molar-refractivity contribution in [2.24, 2.45) is 23.7 Å². The Hall–Kier alpha value is -0.300. The van der Waals surface area contributed by atoms with Crippen LogP contribution in [0, 0.1) is 23.7 Å². The molecule has 1 N–H and O–H groups in total. The van der Waals surface area contributed by atoms with Crippen LogP contribution in [0.1, 0.15) is 64.2 Å². The Morgan fingerprint density at radius 3 is 2.32 bits per heavy atom. The van der Waals surface area contributed by atoms with Crippen molar-refractivity contribution in [2.45, 2.75) is 70.3 Å². The largest absolute Gasteiger partial charge is 0.313 e. The number of allylic oxidation sites excluding steroid dienone is 1. The van der Waals surface area contributed by atoms with Gasteiger partial charge < -0.3 is 5.32 Å². The van der Waals surface area contributed by atoms with E-state index < -0.39 is 0 Å². The molecule has 1 nitrogen and oxygen atoms in total. The van der Waals surface area contributed by atoms with Crippen LogP contribution in [-0.2, 0) is 0 Å². The number of hydrogen-bond acceptors (Lipinski definition) is 1. The lowest BCUT2D eigenvalue weighted by Crippen LogP contribution is -2.54. The van der Waals surface area contributed by atoms with Gasteiger partial charge in [0.05, 0.1) is 0 Å². The van der Waals surface area contributed by atoms with Crippen molar-refractivity contribution in [2.75, 3.05) is 6.54 Å². The molecule has 0 heterocycles. The SMILES string of the molecule is C1=C(CCNC2C3CC4CC(C3)CC2C4)CCCC1. The van der Waals surface area contributed by atoms with Gasteiger partial charge in [0.2, 0.25) is 0 Å². The van der Waals surface area contributed by atoms with Crippen molar-refractivity contribution in [3.63, 3.8) is 0 Å². The highest BCUT2D eigenvalue weighted by Gasteiger charge is 2.47. The second-order valence-electron chi connectivity index (χ2n) is 7.77. The van der Waals surface area contributed by atoms with Gasteiger partial charge in [0.25, 0.3) is 0 Å². The molecule has 0 aliphatic heterocycles.